The maximum atomic E-state index is 13.0. The van der Waals surface area contributed by atoms with Crippen molar-refractivity contribution in [2.24, 2.45) is 11.8 Å². The summed E-state index contributed by atoms with van der Waals surface area (Å²) in [5.74, 6) is -1.50. The summed E-state index contributed by atoms with van der Waals surface area (Å²) in [5.41, 5.74) is 0. The molecular weight excluding hydrogens is 262 g/mol. The lowest BCUT2D eigenvalue weighted by atomic mass is 9.76. The highest BCUT2D eigenvalue weighted by molar-refractivity contribution is 9.11. The van der Waals surface area contributed by atoms with E-state index in [0.717, 1.165) is 10.9 Å². The lowest BCUT2D eigenvalue weighted by Crippen LogP contribution is -2.28. The Morgan fingerprint density at radius 3 is 2.53 bits per heavy atom. The molecule has 0 radical (unpaired) electrons. The molecule has 0 aromatic heterocycles. The predicted molar refractivity (Wildman–Crippen MR) is 61.2 cm³/mol. The zero-order valence-corrected chi connectivity index (χ0v) is 10.1. The molecule has 0 saturated heterocycles. The number of hydrogen-bond donors (Lipinski definition) is 0. The fourth-order valence-electron chi connectivity index (χ4n) is 2.49. The third kappa shape index (κ3) is 2.90. The summed E-state index contributed by atoms with van der Waals surface area (Å²) in [4.78, 5) is 0. The van der Waals surface area contributed by atoms with E-state index < -0.39 is 5.92 Å². The number of halogens is 3. The Balaban J connectivity index is 1.94. The minimum atomic E-state index is -2.40. The van der Waals surface area contributed by atoms with Gasteiger partial charge in [0.1, 0.15) is 0 Å². The smallest absolute Gasteiger partial charge is 0.207 e. The van der Waals surface area contributed by atoms with Gasteiger partial charge in [-0.2, -0.15) is 0 Å². The largest absolute Gasteiger partial charge is 0.248 e. The molecule has 0 N–H and O–H groups in total. The van der Waals surface area contributed by atoms with Crippen LogP contribution >= 0.6 is 15.9 Å². The van der Waals surface area contributed by atoms with Crippen LogP contribution in [0.25, 0.3) is 0 Å². The summed E-state index contributed by atoms with van der Waals surface area (Å²) in [6.07, 6.45) is 8.83. The first-order valence-corrected chi connectivity index (χ1v) is 6.28. The molecular formula is C12H15BrF2. The summed E-state index contributed by atoms with van der Waals surface area (Å²) in [7, 11) is 0. The monoisotopic (exact) mass is 276 g/mol. The molecule has 0 aliphatic heterocycles. The minimum absolute atomic E-state index is 0.0728. The van der Waals surface area contributed by atoms with Gasteiger partial charge in [0.05, 0.1) is 0 Å². The molecule has 2 rings (SSSR count). The van der Waals surface area contributed by atoms with Crippen LogP contribution < -0.4 is 0 Å². The van der Waals surface area contributed by atoms with E-state index in [4.69, 9.17) is 0 Å². The van der Waals surface area contributed by atoms with Crippen molar-refractivity contribution in [1.82, 2.24) is 0 Å². The van der Waals surface area contributed by atoms with Crippen LogP contribution in [0.3, 0.4) is 0 Å². The first kappa shape index (κ1) is 11.3. The highest BCUT2D eigenvalue weighted by Gasteiger charge is 2.37. The highest BCUT2D eigenvalue weighted by atomic mass is 79.9. The molecule has 0 heterocycles. The third-order valence-corrected chi connectivity index (χ3v) is 3.95. The van der Waals surface area contributed by atoms with Crippen molar-refractivity contribution in [3.05, 3.63) is 22.7 Å². The Hall–Kier alpha value is -0.180. The van der Waals surface area contributed by atoms with Gasteiger partial charge in [0.15, 0.2) is 0 Å². The van der Waals surface area contributed by atoms with Crippen molar-refractivity contribution in [1.29, 1.82) is 0 Å². The van der Waals surface area contributed by atoms with Gasteiger partial charge in [-0.15, -0.1) is 0 Å². The van der Waals surface area contributed by atoms with Crippen molar-refractivity contribution in [3.8, 4) is 0 Å². The maximum Gasteiger partial charge on any atom is 0.248 e. The Labute approximate surface area is 97.6 Å². The molecule has 3 heteroatoms. The van der Waals surface area contributed by atoms with Gasteiger partial charge < -0.3 is 0 Å². The molecule has 1 atom stereocenters. The SMILES string of the molecule is FC1(F)CCC(C2C=C(Br)C=CC2)CC1. The Kier molecular flexibility index (Phi) is 3.29. The lowest BCUT2D eigenvalue weighted by molar-refractivity contribution is -0.0499. The molecule has 1 unspecified atom stereocenters. The van der Waals surface area contributed by atoms with E-state index >= 15 is 0 Å². The van der Waals surface area contributed by atoms with Gasteiger partial charge in [-0.3, -0.25) is 0 Å². The van der Waals surface area contributed by atoms with Crippen molar-refractivity contribution in [3.63, 3.8) is 0 Å². The van der Waals surface area contributed by atoms with E-state index in [9.17, 15) is 8.78 Å². The Morgan fingerprint density at radius 2 is 1.93 bits per heavy atom. The lowest BCUT2D eigenvalue weighted by Gasteiger charge is -2.33. The standard InChI is InChI=1S/C12H15BrF2/c13-11-3-1-2-10(8-11)9-4-6-12(14,15)7-5-9/h1,3,8-10H,2,4-7H2. The van der Waals surface area contributed by atoms with Crippen LogP contribution in [0.1, 0.15) is 32.1 Å². The van der Waals surface area contributed by atoms with E-state index in [1.54, 1.807) is 0 Å². The van der Waals surface area contributed by atoms with E-state index in [2.05, 4.69) is 28.1 Å². The second-order valence-electron chi connectivity index (χ2n) is 4.55. The molecule has 1 fully saturated rings. The summed E-state index contributed by atoms with van der Waals surface area (Å²) >= 11 is 3.44. The molecule has 0 spiro atoms. The van der Waals surface area contributed by atoms with Gasteiger partial charge in [0.25, 0.3) is 0 Å². The van der Waals surface area contributed by atoms with Crippen LogP contribution in [-0.4, -0.2) is 5.92 Å². The second-order valence-corrected chi connectivity index (χ2v) is 5.46. The molecule has 0 amide bonds. The van der Waals surface area contributed by atoms with Gasteiger partial charge in [0, 0.05) is 17.3 Å². The topological polar surface area (TPSA) is 0 Å². The molecule has 1 saturated carbocycles. The molecule has 2 aliphatic carbocycles. The van der Waals surface area contributed by atoms with Gasteiger partial charge in [-0.1, -0.05) is 34.2 Å². The van der Waals surface area contributed by atoms with Crippen LogP contribution in [-0.2, 0) is 0 Å². The average molecular weight is 277 g/mol. The van der Waals surface area contributed by atoms with E-state index in [0.29, 0.717) is 24.7 Å². The number of rotatable bonds is 1. The van der Waals surface area contributed by atoms with Crippen LogP contribution in [0.4, 0.5) is 8.78 Å². The van der Waals surface area contributed by atoms with Crippen LogP contribution in [0, 0.1) is 11.8 Å². The van der Waals surface area contributed by atoms with Gasteiger partial charge >= 0.3 is 0 Å². The molecule has 2 aliphatic rings. The maximum absolute atomic E-state index is 13.0. The zero-order chi connectivity index (χ0) is 10.9. The highest BCUT2D eigenvalue weighted by Crippen LogP contribution is 2.41. The van der Waals surface area contributed by atoms with Gasteiger partial charge in [-0.25, -0.2) is 8.78 Å². The van der Waals surface area contributed by atoms with Crippen LogP contribution in [0.2, 0.25) is 0 Å². The van der Waals surface area contributed by atoms with Crippen molar-refractivity contribution in [2.45, 2.75) is 38.0 Å². The van der Waals surface area contributed by atoms with E-state index in [1.807, 2.05) is 6.08 Å². The van der Waals surface area contributed by atoms with Crippen LogP contribution in [0.15, 0.2) is 22.7 Å². The quantitative estimate of drug-likeness (QED) is 0.653. The summed E-state index contributed by atoms with van der Waals surface area (Å²) in [5, 5.41) is 0. The molecule has 0 aromatic rings. The average Bonchev–Trinajstić information content (AvgIpc) is 2.17. The summed E-state index contributed by atoms with van der Waals surface area (Å²) < 4.78 is 27.1. The zero-order valence-electron chi connectivity index (χ0n) is 8.56. The number of alkyl halides is 2. The van der Waals surface area contributed by atoms with Crippen LogP contribution in [0.5, 0.6) is 0 Å². The fourth-order valence-corrected chi connectivity index (χ4v) is 3.01. The molecule has 0 bridgehead atoms. The molecule has 15 heavy (non-hydrogen) atoms. The van der Waals surface area contributed by atoms with E-state index in [1.165, 1.54) is 0 Å². The van der Waals surface area contributed by atoms with E-state index in [-0.39, 0.29) is 12.8 Å². The van der Waals surface area contributed by atoms with Crippen molar-refractivity contribution >= 4 is 15.9 Å². The number of hydrogen-bond acceptors (Lipinski definition) is 0. The molecule has 84 valence electrons. The van der Waals surface area contributed by atoms with Gasteiger partial charge in [-0.05, 0) is 31.1 Å². The third-order valence-electron chi connectivity index (χ3n) is 3.43. The van der Waals surface area contributed by atoms with Crippen molar-refractivity contribution in [2.75, 3.05) is 0 Å². The minimum Gasteiger partial charge on any atom is -0.207 e. The summed E-state index contributed by atoms with van der Waals surface area (Å²) in [6, 6.07) is 0. The van der Waals surface area contributed by atoms with Gasteiger partial charge in [0.2, 0.25) is 5.92 Å². The Bertz CT molecular complexity index is 284. The summed E-state index contributed by atoms with van der Waals surface area (Å²) in [6.45, 7) is 0. The molecule has 0 aromatic carbocycles. The van der Waals surface area contributed by atoms with Crippen molar-refractivity contribution < 1.29 is 8.78 Å². The number of allylic oxidation sites excluding steroid dienone is 4. The second kappa shape index (κ2) is 4.36. The molecule has 0 nitrogen and oxygen atoms in total. The first-order valence-electron chi connectivity index (χ1n) is 5.48. The Morgan fingerprint density at radius 1 is 1.27 bits per heavy atom. The fraction of sp³-hybridized carbons (Fsp3) is 0.667. The predicted octanol–water partition coefficient (Wildman–Crippen LogP) is 4.67. The first-order chi connectivity index (χ1) is 7.07. The normalized spacial score (nSPS) is 31.4.